The maximum absolute atomic E-state index is 12.0. The van der Waals surface area contributed by atoms with Gasteiger partial charge in [-0.1, -0.05) is 11.6 Å². The Labute approximate surface area is 98.3 Å². The summed E-state index contributed by atoms with van der Waals surface area (Å²) in [5.41, 5.74) is -0.348. The first-order valence-corrected chi connectivity index (χ1v) is 6.11. The Hall–Kier alpha value is -1.16. The molecule has 4 nitrogen and oxygen atoms in total. The zero-order chi connectivity index (χ0) is 12.1. The van der Waals surface area contributed by atoms with Crippen LogP contribution in [0.25, 0.3) is 0 Å². The van der Waals surface area contributed by atoms with Crippen molar-refractivity contribution in [3.8, 4) is 0 Å². The lowest BCUT2D eigenvalue weighted by Gasteiger charge is -2.43. The van der Waals surface area contributed by atoms with Gasteiger partial charge in [0.1, 0.15) is 0 Å². The summed E-state index contributed by atoms with van der Waals surface area (Å²) in [5, 5.41) is 19.5. The van der Waals surface area contributed by atoms with Gasteiger partial charge in [0.25, 0.3) is 0 Å². The number of carbonyl (C=O) groups excluding carboxylic acids is 1. The van der Waals surface area contributed by atoms with Gasteiger partial charge in [0, 0.05) is 10.8 Å². The average molecular weight is 234 g/mol. The van der Waals surface area contributed by atoms with Crippen LogP contribution in [0.4, 0.5) is 0 Å². The van der Waals surface area contributed by atoms with Gasteiger partial charge in [-0.15, -0.1) is 0 Å². The van der Waals surface area contributed by atoms with Crippen molar-refractivity contribution in [1.82, 2.24) is 0 Å². The minimum absolute atomic E-state index is 0.0158. The normalized spacial score (nSPS) is 53.0. The second-order valence-corrected chi connectivity index (χ2v) is 6.50. The molecule has 90 valence electrons. The van der Waals surface area contributed by atoms with Gasteiger partial charge >= 0.3 is 5.97 Å². The molecule has 0 aromatic rings. The van der Waals surface area contributed by atoms with Crippen LogP contribution in [-0.4, -0.2) is 27.6 Å². The number of carboxylic acids is 1. The molecule has 3 fully saturated rings. The van der Waals surface area contributed by atoms with Crippen molar-refractivity contribution < 1.29 is 19.8 Å². The molecule has 17 heavy (non-hydrogen) atoms. The van der Waals surface area contributed by atoms with Crippen LogP contribution in [0.3, 0.4) is 0 Å². The van der Waals surface area contributed by atoms with Gasteiger partial charge in [-0.3, -0.25) is 4.79 Å². The number of aliphatic carboxylic acids is 1. The molecule has 3 saturated carbocycles. The molecule has 2 N–H and O–H groups in total. The Morgan fingerprint density at radius 3 is 2.76 bits per heavy atom. The summed E-state index contributed by atoms with van der Waals surface area (Å²) >= 11 is 0. The molecule has 1 spiro atoms. The topological polar surface area (TPSA) is 74.6 Å². The summed E-state index contributed by atoms with van der Waals surface area (Å²) in [6, 6.07) is 0. The molecule has 4 aliphatic rings. The minimum atomic E-state index is -1.34. The fraction of sp³-hybridized carbons (Fsp3) is 0.692. The van der Waals surface area contributed by atoms with Crippen molar-refractivity contribution in [2.24, 2.45) is 16.7 Å². The van der Waals surface area contributed by atoms with Crippen LogP contribution in [0.2, 0.25) is 0 Å². The van der Waals surface area contributed by atoms with E-state index in [0.717, 1.165) is 6.42 Å². The lowest BCUT2D eigenvalue weighted by atomic mass is 9.61. The van der Waals surface area contributed by atoms with Crippen LogP contribution in [0.5, 0.6) is 0 Å². The number of hydrogen-bond donors (Lipinski definition) is 2. The zero-order valence-electron chi connectivity index (χ0n) is 9.40. The van der Waals surface area contributed by atoms with E-state index >= 15 is 0 Å². The molecule has 0 aromatic heterocycles. The minimum Gasteiger partial charge on any atom is -0.475 e. The van der Waals surface area contributed by atoms with E-state index in [1.807, 2.05) is 0 Å². The SMILES string of the molecule is O=C(O)C(=O)C12CC3C=C4CC(O)(C1)CC43C2. The van der Waals surface area contributed by atoms with E-state index in [9.17, 15) is 14.7 Å². The maximum atomic E-state index is 12.0. The molecule has 0 heterocycles. The number of fused-ring (bicyclic) bond motifs is 2. The summed E-state index contributed by atoms with van der Waals surface area (Å²) in [6.07, 6.45) is 5.19. The Bertz CT molecular complexity index is 508. The number of Topliss-reactive ketones (excluding diaryl/α,β-unsaturated/α-hetero) is 1. The highest BCUT2D eigenvalue weighted by Gasteiger charge is 2.73. The predicted molar refractivity (Wildman–Crippen MR) is 57.1 cm³/mol. The van der Waals surface area contributed by atoms with E-state index in [1.54, 1.807) is 0 Å². The third kappa shape index (κ3) is 0.876. The molecule has 4 heteroatoms. The third-order valence-corrected chi connectivity index (χ3v) is 5.52. The van der Waals surface area contributed by atoms with Gasteiger partial charge in [-0.25, -0.2) is 4.79 Å². The van der Waals surface area contributed by atoms with E-state index in [2.05, 4.69) is 6.08 Å². The van der Waals surface area contributed by atoms with E-state index in [-0.39, 0.29) is 5.41 Å². The number of aliphatic hydroxyl groups is 1. The fourth-order valence-electron chi connectivity index (χ4n) is 5.22. The van der Waals surface area contributed by atoms with E-state index in [1.165, 1.54) is 5.57 Å². The first kappa shape index (κ1) is 9.83. The van der Waals surface area contributed by atoms with Crippen molar-refractivity contribution in [2.75, 3.05) is 0 Å². The highest BCUT2D eigenvalue weighted by atomic mass is 16.4. The lowest BCUT2D eigenvalue weighted by molar-refractivity contribution is -0.157. The highest BCUT2D eigenvalue weighted by molar-refractivity contribution is 6.35. The van der Waals surface area contributed by atoms with E-state index < -0.39 is 22.8 Å². The molecule has 0 saturated heterocycles. The van der Waals surface area contributed by atoms with Crippen LogP contribution in [0.1, 0.15) is 32.1 Å². The van der Waals surface area contributed by atoms with Gasteiger partial charge in [-0.05, 0) is 38.0 Å². The average Bonchev–Trinajstić information content (AvgIpc) is 2.52. The summed E-state index contributed by atoms with van der Waals surface area (Å²) in [6.45, 7) is 0. The van der Waals surface area contributed by atoms with Crippen LogP contribution in [-0.2, 0) is 9.59 Å². The quantitative estimate of drug-likeness (QED) is 0.549. The number of carbonyl (C=O) groups is 2. The summed E-state index contributed by atoms with van der Waals surface area (Å²) in [4.78, 5) is 23.0. The van der Waals surface area contributed by atoms with Gasteiger partial charge in [0.2, 0.25) is 5.78 Å². The monoisotopic (exact) mass is 234 g/mol. The number of allylic oxidation sites excluding steroid dienone is 1. The Kier molecular flexibility index (Phi) is 1.35. The van der Waals surface area contributed by atoms with Gasteiger partial charge in [0.05, 0.1) is 5.60 Å². The van der Waals surface area contributed by atoms with Crippen LogP contribution < -0.4 is 0 Å². The molecule has 0 radical (unpaired) electrons. The molecule has 3 bridgehead atoms. The molecule has 0 amide bonds. The van der Waals surface area contributed by atoms with Crippen molar-refractivity contribution in [3.05, 3.63) is 11.6 Å². The van der Waals surface area contributed by atoms with Crippen molar-refractivity contribution in [3.63, 3.8) is 0 Å². The summed E-state index contributed by atoms with van der Waals surface area (Å²) in [7, 11) is 0. The molecule has 4 aliphatic carbocycles. The second kappa shape index (κ2) is 2.34. The number of hydrogen-bond acceptors (Lipinski definition) is 3. The summed E-state index contributed by atoms with van der Waals surface area (Å²) in [5.74, 6) is -1.69. The first-order chi connectivity index (χ1) is 7.89. The van der Waals surface area contributed by atoms with Crippen LogP contribution >= 0.6 is 0 Å². The maximum Gasteiger partial charge on any atom is 0.372 e. The van der Waals surface area contributed by atoms with Crippen molar-refractivity contribution in [1.29, 1.82) is 0 Å². The van der Waals surface area contributed by atoms with Gasteiger partial charge in [-0.2, -0.15) is 0 Å². The fourth-order valence-corrected chi connectivity index (χ4v) is 5.22. The van der Waals surface area contributed by atoms with Crippen molar-refractivity contribution in [2.45, 2.75) is 37.7 Å². The van der Waals surface area contributed by atoms with Gasteiger partial charge in [0.15, 0.2) is 0 Å². The first-order valence-electron chi connectivity index (χ1n) is 6.11. The highest BCUT2D eigenvalue weighted by Crippen LogP contribution is 2.77. The second-order valence-electron chi connectivity index (χ2n) is 6.50. The molecule has 0 aromatic carbocycles. The Morgan fingerprint density at radius 2 is 2.06 bits per heavy atom. The molecular weight excluding hydrogens is 220 g/mol. The number of rotatable bonds is 2. The van der Waals surface area contributed by atoms with Crippen LogP contribution in [0, 0.1) is 16.7 Å². The lowest BCUT2D eigenvalue weighted by Crippen LogP contribution is -2.45. The molecule has 4 atom stereocenters. The van der Waals surface area contributed by atoms with Crippen LogP contribution in [0.15, 0.2) is 11.6 Å². The Balaban J connectivity index is 1.84. The standard InChI is InChI=1S/C13H14O4/c14-9(10(15)16)11-2-7-1-8-3-12(17,4-11)6-13(7,8)5-11/h1,7,17H,2-6H2,(H,15,16). The predicted octanol–water partition coefficient (Wildman–Crippen LogP) is 0.892. The van der Waals surface area contributed by atoms with Crippen molar-refractivity contribution >= 4 is 11.8 Å². The molecule has 4 unspecified atom stereocenters. The largest absolute Gasteiger partial charge is 0.475 e. The number of ketones is 1. The van der Waals surface area contributed by atoms with E-state index in [0.29, 0.717) is 31.6 Å². The third-order valence-electron chi connectivity index (χ3n) is 5.52. The Morgan fingerprint density at radius 1 is 1.29 bits per heavy atom. The van der Waals surface area contributed by atoms with Gasteiger partial charge < -0.3 is 10.2 Å². The smallest absolute Gasteiger partial charge is 0.372 e. The molecular formula is C13H14O4. The van der Waals surface area contributed by atoms with E-state index in [4.69, 9.17) is 5.11 Å². The zero-order valence-corrected chi connectivity index (χ0v) is 9.40. The number of carboxylic acid groups (broad SMARTS) is 1. The molecule has 0 aliphatic heterocycles. The summed E-state index contributed by atoms with van der Waals surface area (Å²) < 4.78 is 0. The molecule has 4 rings (SSSR count).